The Kier molecular flexibility index (Phi) is 3.51. The summed E-state index contributed by atoms with van der Waals surface area (Å²) in [6.07, 6.45) is 1.59. The van der Waals surface area contributed by atoms with Crippen LogP contribution in [0, 0.1) is 3.57 Å². The maximum atomic E-state index is 9.10. The van der Waals surface area contributed by atoms with Gasteiger partial charge in [-0.3, -0.25) is 4.98 Å². The molecular weight excluding hydrogens is 340 g/mol. The van der Waals surface area contributed by atoms with E-state index in [-0.39, 0.29) is 6.61 Å². The average molecular weight is 350 g/mol. The number of hydrogen-bond acceptors (Lipinski definition) is 3. The van der Waals surface area contributed by atoms with Gasteiger partial charge in [0.15, 0.2) is 0 Å². The quantitative estimate of drug-likeness (QED) is 0.848. The van der Waals surface area contributed by atoms with Crippen molar-refractivity contribution in [2.24, 2.45) is 0 Å². The van der Waals surface area contributed by atoms with Gasteiger partial charge in [0.1, 0.15) is 5.75 Å². The Morgan fingerprint density at radius 2 is 2.25 bits per heavy atom. The summed E-state index contributed by atoms with van der Waals surface area (Å²) < 4.78 is 6.20. The highest BCUT2D eigenvalue weighted by Crippen LogP contribution is 2.32. The lowest BCUT2D eigenvalue weighted by Crippen LogP contribution is -1.92. The Morgan fingerprint density at radius 1 is 1.50 bits per heavy atom. The van der Waals surface area contributed by atoms with Gasteiger partial charge in [-0.1, -0.05) is 11.6 Å². The zero-order chi connectivity index (χ0) is 11.7. The minimum absolute atomic E-state index is 0.115. The minimum Gasteiger partial charge on any atom is -0.496 e. The molecule has 0 aliphatic carbocycles. The number of benzene rings is 1. The molecule has 0 bridgehead atoms. The third-order valence-electron chi connectivity index (χ3n) is 2.32. The van der Waals surface area contributed by atoms with Crippen LogP contribution < -0.4 is 4.74 Å². The number of aromatic nitrogens is 1. The van der Waals surface area contributed by atoms with Gasteiger partial charge < -0.3 is 9.84 Å². The van der Waals surface area contributed by atoms with Gasteiger partial charge in [-0.05, 0) is 34.7 Å². The second kappa shape index (κ2) is 4.73. The summed E-state index contributed by atoms with van der Waals surface area (Å²) in [5, 5.41) is 10.4. The summed E-state index contributed by atoms with van der Waals surface area (Å²) in [6, 6.07) is 3.74. The predicted molar refractivity (Wildman–Crippen MR) is 71.9 cm³/mol. The Hall–Kier alpha value is -0.590. The SMILES string of the molecule is COc1cc2c(Cl)c(CO)cnc2cc1I. The molecule has 1 N–H and O–H groups in total. The van der Waals surface area contributed by atoms with Crippen molar-refractivity contribution in [3.05, 3.63) is 32.5 Å². The van der Waals surface area contributed by atoms with Crippen molar-refractivity contribution >= 4 is 45.1 Å². The number of aliphatic hydroxyl groups excluding tert-OH is 1. The number of aliphatic hydroxyl groups is 1. The van der Waals surface area contributed by atoms with Crippen LogP contribution in [-0.2, 0) is 6.61 Å². The number of pyridine rings is 1. The lowest BCUT2D eigenvalue weighted by molar-refractivity contribution is 0.281. The van der Waals surface area contributed by atoms with E-state index in [1.54, 1.807) is 13.3 Å². The molecule has 0 fully saturated rings. The third-order valence-corrected chi connectivity index (χ3v) is 3.61. The molecule has 2 rings (SSSR count). The standard InChI is InChI=1S/C11H9ClINO2/c1-16-10-2-7-9(3-8(10)13)14-4-6(5-15)11(7)12/h2-4,15H,5H2,1H3. The first kappa shape index (κ1) is 11.9. The Bertz CT molecular complexity index is 545. The van der Waals surface area contributed by atoms with Gasteiger partial charge in [-0.15, -0.1) is 0 Å². The monoisotopic (exact) mass is 349 g/mol. The van der Waals surface area contributed by atoms with E-state index in [1.165, 1.54) is 0 Å². The van der Waals surface area contributed by atoms with Crippen LogP contribution in [0.15, 0.2) is 18.3 Å². The molecule has 1 heterocycles. The van der Waals surface area contributed by atoms with Crippen LogP contribution in [0.25, 0.3) is 10.9 Å². The summed E-state index contributed by atoms with van der Waals surface area (Å²) in [6.45, 7) is -0.115. The highest BCUT2D eigenvalue weighted by atomic mass is 127. The first-order valence-electron chi connectivity index (χ1n) is 4.59. The van der Waals surface area contributed by atoms with Crippen molar-refractivity contribution in [2.75, 3.05) is 7.11 Å². The molecule has 2 aromatic rings. The van der Waals surface area contributed by atoms with E-state index in [0.29, 0.717) is 10.6 Å². The lowest BCUT2D eigenvalue weighted by atomic mass is 10.1. The molecule has 0 atom stereocenters. The Morgan fingerprint density at radius 3 is 2.88 bits per heavy atom. The van der Waals surface area contributed by atoms with E-state index in [0.717, 1.165) is 20.2 Å². The van der Waals surface area contributed by atoms with Gasteiger partial charge in [0.2, 0.25) is 0 Å². The first-order valence-corrected chi connectivity index (χ1v) is 6.04. The van der Waals surface area contributed by atoms with Crippen LogP contribution in [0.3, 0.4) is 0 Å². The van der Waals surface area contributed by atoms with Gasteiger partial charge in [0.25, 0.3) is 0 Å². The van der Waals surface area contributed by atoms with E-state index in [4.69, 9.17) is 21.4 Å². The molecule has 84 valence electrons. The van der Waals surface area contributed by atoms with Crippen molar-refractivity contribution < 1.29 is 9.84 Å². The third kappa shape index (κ3) is 1.97. The highest BCUT2D eigenvalue weighted by Gasteiger charge is 2.09. The molecule has 16 heavy (non-hydrogen) atoms. The fraction of sp³-hybridized carbons (Fsp3) is 0.182. The van der Waals surface area contributed by atoms with Gasteiger partial charge in [-0.25, -0.2) is 0 Å². The van der Waals surface area contributed by atoms with Crippen LogP contribution in [-0.4, -0.2) is 17.2 Å². The van der Waals surface area contributed by atoms with Crippen molar-refractivity contribution in [2.45, 2.75) is 6.61 Å². The maximum Gasteiger partial charge on any atom is 0.132 e. The molecule has 1 aromatic carbocycles. The Balaban J connectivity index is 2.77. The number of halogens is 2. The minimum atomic E-state index is -0.115. The summed E-state index contributed by atoms with van der Waals surface area (Å²) in [7, 11) is 1.61. The number of rotatable bonds is 2. The first-order chi connectivity index (χ1) is 7.67. The zero-order valence-electron chi connectivity index (χ0n) is 8.50. The number of nitrogens with zero attached hydrogens (tertiary/aromatic N) is 1. The van der Waals surface area contributed by atoms with E-state index >= 15 is 0 Å². The lowest BCUT2D eigenvalue weighted by Gasteiger charge is -2.08. The van der Waals surface area contributed by atoms with Crippen LogP contribution in [0.1, 0.15) is 5.56 Å². The molecule has 3 nitrogen and oxygen atoms in total. The van der Waals surface area contributed by atoms with Crippen LogP contribution in [0.4, 0.5) is 0 Å². The second-order valence-electron chi connectivity index (χ2n) is 3.26. The normalized spacial score (nSPS) is 10.8. The van der Waals surface area contributed by atoms with Crippen molar-refractivity contribution in [1.29, 1.82) is 0 Å². The average Bonchev–Trinajstić information content (AvgIpc) is 2.29. The van der Waals surface area contributed by atoms with E-state index in [1.807, 2.05) is 12.1 Å². The predicted octanol–water partition coefficient (Wildman–Crippen LogP) is 2.99. The summed E-state index contributed by atoms with van der Waals surface area (Å²) >= 11 is 8.35. The molecule has 0 saturated carbocycles. The van der Waals surface area contributed by atoms with Crippen LogP contribution in [0.2, 0.25) is 5.02 Å². The molecule has 0 saturated heterocycles. The molecule has 0 amide bonds. The van der Waals surface area contributed by atoms with Crippen molar-refractivity contribution in [1.82, 2.24) is 4.98 Å². The molecule has 1 aromatic heterocycles. The smallest absolute Gasteiger partial charge is 0.132 e. The second-order valence-corrected chi connectivity index (χ2v) is 4.80. The Labute approximate surface area is 112 Å². The van der Waals surface area contributed by atoms with Gasteiger partial charge in [0.05, 0.1) is 27.8 Å². The summed E-state index contributed by atoms with van der Waals surface area (Å²) in [4.78, 5) is 4.24. The van der Waals surface area contributed by atoms with Crippen molar-refractivity contribution in [3.8, 4) is 5.75 Å². The molecule has 0 aliphatic rings. The van der Waals surface area contributed by atoms with Gasteiger partial charge in [0, 0.05) is 17.1 Å². The van der Waals surface area contributed by atoms with E-state index < -0.39 is 0 Å². The number of ether oxygens (including phenoxy) is 1. The van der Waals surface area contributed by atoms with E-state index in [2.05, 4.69) is 27.6 Å². The van der Waals surface area contributed by atoms with Gasteiger partial charge in [-0.2, -0.15) is 0 Å². The van der Waals surface area contributed by atoms with Gasteiger partial charge >= 0.3 is 0 Å². The molecule has 0 unspecified atom stereocenters. The van der Waals surface area contributed by atoms with Crippen LogP contribution in [0.5, 0.6) is 5.75 Å². The van der Waals surface area contributed by atoms with E-state index in [9.17, 15) is 0 Å². The summed E-state index contributed by atoms with van der Waals surface area (Å²) in [5.41, 5.74) is 1.42. The number of fused-ring (bicyclic) bond motifs is 1. The largest absolute Gasteiger partial charge is 0.496 e. The zero-order valence-corrected chi connectivity index (χ0v) is 11.4. The molecule has 0 spiro atoms. The molecule has 5 heteroatoms. The topological polar surface area (TPSA) is 42.4 Å². The van der Waals surface area contributed by atoms with Crippen LogP contribution >= 0.6 is 34.2 Å². The highest BCUT2D eigenvalue weighted by molar-refractivity contribution is 14.1. The molecule has 0 aliphatic heterocycles. The summed E-state index contributed by atoms with van der Waals surface area (Å²) in [5.74, 6) is 0.756. The fourth-order valence-corrected chi connectivity index (χ4v) is 2.40. The fourth-order valence-electron chi connectivity index (χ4n) is 1.47. The number of methoxy groups -OCH3 is 1. The number of hydrogen-bond donors (Lipinski definition) is 1. The molecule has 0 radical (unpaired) electrons. The maximum absolute atomic E-state index is 9.10. The molecular formula is C11H9ClINO2. The van der Waals surface area contributed by atoms with Crippen molar-refractivity contribution in [3.63, 3.8) is 0 Å².